The van der Waals surface area contributed by atoms with E-state index in [-0.39, 0.29) is 10.7 Å². The lowest BCUT2D eigenvalue weighted by Crippen LogP contribution is -2.39. The Bertz CT molecular complexity index is 796. The van der Waals surface area contributed by atoms with Gasteiger partial charge in [0.25, 0.3) is 0 Å². The summed E-state index contributed by atoms with van der Waals surface area (Å²) in [6, 6.07) is 16.0. The average Bonchev–Trinajstić information content (AvgIpc) is 2.46. The van der Waals surface area contributed by atoms with Crippen LogP contribution in [0, 0.1) is 6.92 Å². The van der Waals surface area contributed by atoms with Crippen molar-refractivity contribution in [2.75, 3.05) is 0 Å². The fraction of sp³-hybridized carbons (Fsp3) is 0.333. The number of benzene rings is 2. The average molecular weight is 299 g/mol. The largest absolute Gasteiger partial charge is 0.244 e. The Labute approximate surface area is 127 Å². The molecule has 1 aliphatic heterocycles. The van der Waals surface area contributed by atoms with Gasteiger partial charge in [-0.1, -0.05) is 49.7 Å². The Hall–Kier alpha value is -1.61. The number of hydrogen-bond donors (Lipinski definition) is 0. The number of fused-ring (bicyclic) bond motifs is 1. The smallest absolute Gasteiger partial charge is 0.0835 e. The highest BCUT2D eigenvalue weighted by atomic mass is 32.2. The molecular weight excluding hydrogens is 278 g/mol. The van der Waals surface area contributed by atoms with Crippen molar-refractivity contribution in [3.8, 4) is 0 Å². The van der Waals surface area contributed by atoms with E-state index < -0.39 is 9.73 Å². The van der Waals surface area contributed by atoms with E-state index in [2.05, 4.69) is 31.2 Å². The van der Waals surface area contributed by atoms with Crippen LogP contribution in [0.15, 0.2) is 57.8 Å². The standard InChI is InChI=1S/C18H21NOS/c1-13-9-11-15(12-10-13)21(20)14(2)18(3,4)16-7-5-6-8-17(16)19-21/h5-12,14H,1-4H3/t14-,21?/m1/s1. The molecule has 0 spiro atoms. The topological polar surface area (TPSA) is 29.4 Å². The van der Waals surface area contributed by atoms with Crippen LogP contribution in [0.3, 0.4) is 0 Å². The van der Waals surface area contributed by atoms with Crippen molar-refractivity contribution in [3.63, 3.8) is 0 Å². The summed E-state index contributed by atoms with van der Waals surface area (Å²) < 4.78 is 18.3. The molecule has 3 heteroatoms. The van der Waals surface area contributed by atoms with Crippen LogP contribution in [0.2, 0.25) is 0 Å². The van der Waals surface area contributed by atoms with Gasteiger partial charge < -0.3 is 0 Å². The fourth-order valence-corrected chi connectivity index (χ4v) is 5.51. The van der Waals surface area contributed by atoms with Gasteiger partial charge in [-0.05, 0) is 37.6 Å². The molecule has 0 saturated carbocycles. The third-order valence-corrected chi connectivity index (χ3v) is 7.65. The Morgan fingerprint density at radius 3 is 2.33 bits per heavy atom. The minimum absolute atomic E-state index is 0.0393. The van der Waals surface area contributed by atoms with Gasteiger partial charge in [-0.3, -0.25) is 0 Å². The first-order valence-corrected chi connectivity index (χ1v) is 8.86. The molecule has 3 rings (SSSR count). The Morgan fingerprint density at radius 2 is 1.67 bits per heavy atom. The summed E-state index contributed by atoms with van der Waals surface area (Å²) in [4.78, 5) is 0.836. The summed E-state index contributed by atoms with van der Waals surface area (Å²) in [6.07, 6.45) is 0. The maximum atomic E-state index is 13.7. The highest BCUT2D eigenvalue weighted by Crippen LogP contribution is 2.45. The number of hydrogen-bond acceptors (Lipinski definition) is 2. The first kappa shape index (κ1) is 14.3. The molecule has 110 valence electrons. The summed E-state index contributed by atoms with van der Waals surface area (Å²) in [5.41, 5.74) is 3.06. The van der Waals surface area contributed by atoms with Gasteiger partial charge in [-0.15, -0.1) is 0 Å². The normalized spacial score (nSPS) is 26.8. The van der Waals surface area contributed by atoms with Gasteiger partial charge >= 0.3 is 0 Å². The Morgan fingerprint density at radius 1 is 1.05 bits per heavy atom. The molecule has 0 N–H and O–H groups in total. The molecule has 2 aromatic carbocycles. The molecule has 21 heavy (non-hydrogen) atoms. The van der Waals surface area contributed by atoms with Crippen molar-refractivity contribution in [3.05, 3.63) is 59.7 Å². The van der Waals surface area contributed by atoms with Gasteiger partial charge in [0.05, 0.1) is 20.7 Å². The summed E-state index contributed by atoms with van der Waals surface area (Å²) >= 11 is 0. The predicted octanol–water partition coefficient (Wildman–Crippen LogP) is 4.83. The maximum absolute atomic E-state index is 13.7. The second-order valence-electron chi connectivity index (χ2n) is 6.35. The van der Waals surface area contributed by atoms with Crippen LogP contribution in [0.5, 0.6) is 0 Å². The monoisotopic (exact) mass is 299 g/mol. The second kappa shape index (κ2) is 4.70. The van der Waals surface area contributed by atoms with E-state index in [1.54, 1.807) is 0 Å². The molecule has 1 unspecified atom stereocenters. The molecule has 0 saturated heterocycles. The zero-order valence-electron chi connectivity index (χ0n) is 13.0. The van der Waals surface area contributed by atoms with Crippen molar-refractivity contribution in [2.45, 2.75) is 43.3 Å². The first-order chi connectivity index (χ1) is 9.85. The van der Waals surface area contributed by atoms with E-state index in [4.69, 9.17) is 0 Å². The molecule has 1 aliphatic rings. The van der Waals surface area contributed by atoms with E-state index in [1.807, 2.05) is 49.4 Å². The number of aryl methyl sites for hydroxylation is 1. The van der Waals surface area contributed by atoms with E-state index in [0.29, 0.717) is 0 Å². The lowest BCUT2D eigenvalue weighted by atomic mass is 9.81. The van der Waals surface area contributed by atoms with Gasteiger partial charge in [0, 0.05) is 10.3 Å². The first-order valence-electron chi connectivity index (χ1n) is 7.28. The third kappa shape index (κ3) is 2.11. The van der Waals surface area contributed by atoms with Crippen LogP contribution in [0.1, 0.15) is 31.9 Å². The second-order valence-corrected chi connectivity index (χ2v) is 8.85. The lowest BCUT2D eigenvalue weighted by molar-refractivity contribution is 0.499. The van der Waals surface area contributed by atoms with Crippen LogP contribution in [-0.2, 0) is 15.1 Å². The molecule has 0 amide bonds. The zero-order chi connectivity index (χ0) is 15.3. The van der Waals surface area contributed by atoms with E-state index in [0.717, 1.165) is 10.6 Å². The van der Waals surface area contributed by atoms with Crippen molar-refractivity contribution < 1.29 is 4.21 Å². The molecule has 0 radical (unpaired) electrons. The molecule has 0 bridgehead atoms. The molecular formula is C18H21NOS. The Balaban J connectivity index is 2.30. The molecule has 1 heterocycles. The molecule has 2 atom stereocenters. The van der Waals surface area contributed by atoms with Gasteiger partial charge in [0.1, 0.15) is 0 Å². The molecule has 2 aromatic rings. The molecule has 0 aliphatic carbocycles. The van der Waals surface area contributed by atoms with Crippen molar-refractivity contribution >= 4 is 15.4 Å². The summed E-state index contributed by atoms with van der Waals surface area (Å²) in [5.74, 6) is 0. The fourth-order valence-electron chi connectivity index (χ4n) is 2.93. The van der Waals surface area contributed by atoms with Gasteiger partial charge in [-0.25, -0.2) is 4.21 Å². The highest BCUT2D eigenvalue weighted by molar-refractivity contribution is 7.94. The van der Waals surface area contributed by atoms with Gasteiger partial charge in [0.2, 0.25) is 0 Å². The van der Waals surface area contributed by atoms with Crippen molar-refractivity contribution in [2.24, 2.45) is 4.36 Å². The van der Waals surface area contributed by atoms with Crippen LogP contribution >= 0.6 is 0 Å². The highest BCUT2D eigenvalue weighted by Gasteiger charge is 2.41. The Kier molecular flexibility index (Phi) is 3.21. The van der Waals surface area contributed by atoms with Crippen molar-refractivity contribution in [1.82, 2.24) is 0 Å². The van der Waals surface area contributed by atoms with Crippen LogP contribution < -0.4 is 0 Å². The molecule has 0 aromatic heterocycles. The number of nitrogens with zero attached hydrogens (tertiary/aromatic N) is 1. The number of rotatable bonds is 1. The van der Waals surface area contributed by atoms with Gasteiger partial charge in [-0.2, -0.15) is 4.36 Å². The van der Waals surface area contributed by atoms with Crippen LogP contribution in [0.25, 0.3) is 0 Å². The quantitative estimate of drug-likeness (QED) is 0.741. The summed E-state index contributed by atoms with van der Waals surface area (Å²) in [5, 5.41) is -0.0393. The lowest BCUT2D eigenvalue weighted by Gasteiger charge is -2.38. The third-order valence-electron chi connectivity index (χ3n) is 4.69. The van der Waals surface area contributed by atoms with Crippen LogP contribution in [0.4, 0.5) is 5.69 Å². The van der Waals surface area contributed by atoms with Gasteiger partial charge in [0.15, 0.2) is 0 Å². The maximum Gasteiger partial charge on any atom is 0.0835 e. The minimum Gasteiger partial charge on any atom is -0.244 e. The van der Waals surface area contributed by atoms with E-state index in [1.165, 1.54) is 11.1 Å². The summed E-state index contributed by atoms with van der Waals surface area (Å²) in [7, 11) is -2.46. The molecule has 0 fully saturated rings. The summed E-state index contributed by atoms with van der Waals surface area (Å²) in [6.45, 7) is 8.43. The SMILES string of the molecule is Cc1ccc(S2(=O)=Nc3ccccc3C(C)(C)[C@H]2C)cc1. The van der Waals surface area contributed by atoms with E-state index in [9.17, 15) is 4.21 Å². The van der Waals surface area contributed by atoms with Crippen molar-refractivity contribution in [1.29, 1.82) is 0 Å². The van der Waals surface area contributed by atoms with E-state index >= 15 is 0 Å². The molecule has 2 nitrogen and oxygen atoms in total. The predicted molar refractivity (Wildman–Crippen MR) is 88.6 cm³/mol. The minimum atomic E-state index is -2.46. The zero-order valence-corrected chi connectivity index (χ0v) is 13.8. The van der Waals surface area contributed by atoms with Crippen LogP contribution in [-0.4, -0.2) is 9.46 Å².